The van der Waals surface area contributed by atoms with Crippen molar-refractivity contribution in [2.24, 2.45) is 0 Å². The number of phenolic OH excluding ortho intramolecular Hbond substituents is 1. The maximum atomic E-state index is 12.4. The van der Waals surface area contributed by atoms with Crippen molar-refractivity contribution in [1.29, 1.82) is 0 Å². The van der Waals surface area contributed by atoms with Crippen molar-refractivity contribution in [3.8, 4) is 5.75 Å². The number of aromatic hydroxyl groups is 1. The molecule has 4 aromatic carbocycles. The van der Waals surface area contributed by atoms with Gasteiger partial charge in [0, 0.05) is 0 Å². The molecule has 76 heavy (non-hydrogen) atoms. The second kappa shape index (κ2) is 39.9. The Labute approximate surface area is 472 Å². The third kappa shape index (κ3) is 23.2. The molecule has 0 heterocycles. The SMILES string of the molecule is CCCCCCCc1cccc(C(C)Cc2ccc(O)c(CC(C)c3cccc(CCCCCCC)c3CCCCCCC)c2CC(C)c2cccc(CCCCCCC)c2CCCCCCC)c1CCCCCCC. The number of phenols is 1. The second-order valence-electron chi connectivity index (χ2n) is 24.5. The highest BCUT2D eigenvalue weighted by Gasteiger charge is 2.25. The lowest BCUT2D eigenvalue weighted by molar-refractivity contribution is 0.463. The Hall–Kier alpha value is -3.32. The lowest BCUT2D eigenvalue weighted by atomic mass is 9.78. The average Bonchev–Trinajstić information content (AvgIpc) is 3.43. The molecule has 0 aromatic heterocycles. The van der Waals surface area contributed by atoms with E-state index >= 15 is 0 Å². The lowest BCUT2D eigenvalue weighted by Gasteiger charge is -2.27. The summed E-state index contributed by atoms with van der Waals surface area (Å²) in [5, 5.41) is 12.4. The third-order valence-corrected chi connectivity index (χ3v) is 17.8. The summed E-state index contributed by atoms with van der Waals surface area (Å²) >= 11 is 0. The Morgan fingerprint density at radius 1 is 0.263 bits per heavy atom. The number of hydrogen-bond acceptors (Lipinski definition) is 1. The molecular formula is C75H120O. The third-order valence-electron chi connectivity index (χ3n) is 17.8. The molecular weight excluding hydrogens is 917 g/mol. The van der Waals surface area contributed by atoms with Gasteiger partial charge in [-0.2, -0.15) is 0 Å². The van der Waals surface area contributed by atoms with Gasteiger partial charge in [-0.05, 0) is 187 Å². The Balaban J connectivity index is 1.83. The van der Waals surface area contributed by atoms with Crippen LogP contribution in [0.3, 0.4) is 0 Å². The standard InChI is InChI=1S/C75H120O/c1-10-16-22-28-34-43-63-46-40-52-67(70(63)49-37-31-25-19-13-4)60(7)57-66-55-56-75(76)74(59-62(9)69-54-42-48-65(45-36-30-24-18-12-3)72(69)51-39-33-27-21-15-6)73(66)58-61(8)68-53-41-47-64(44-35-29-23-17-11-2)71(68)50-38-32-26-20-14-5/h40-42,46-48,52-56,60-62,76H,10-39,43-45,49-51,57-59H2,1-9H3. The van der Waals surface area contributed by atoms with Gasteiger partial charge in [0.2, 0.25) is 0 Å². The van der Waals surface area contributed by atoms with Crippen LogP contribution in [0.5, 0.6) is 5.75 Å². The molecule has 1 heteroatoms. The predicted octanol–water partition coefficient (Wildman–Crippen LogP) is 23.5. The lowest BCUT2D eigenvalue weighted by Crippen LogP contribution is -2.14. The molecule has 3 unspecified atom stereocenters. The van der Waals surface area contributed by atoms with Crippen LogP contribution in [0.1, 0.15) is 339 Å². The van der Waals surface area contributed by atoms with Crippen LogP contribution in [-0.4, -0.2) is 5.11 Å². The normalized spacial score (nSPS) is 12.9. The quantitative estimate of drug-likeness (QED) is 0.0438. The summed E-state index contributed by atoms with van der Waals surface area (Å²) in [6.07, 6.45) is 49.6. The Morgan fingerprint density at radius 2 is 0.539 bits per heavy atom. The number of aryl methyl sites for hydroxylation is 3. The van der Waals surface area contributed by atoms with E-state index in [0.29, 0.717) is 23.5 Å². The summed E-state index contributed by atoms with van der Waals surface area (Å²) in [6, 6.07) is 26.5. The van der Waals surface area contributed by atoms with Gasteiger partial charge in [-0.1, -0.05) is 277 Å². The van der Waals surface area contributed by atoms with Crippen LogP contribution < -0.4 is 0 Å². The molecule has 0 aliphatic heterocycles. The zero-order valence-electron chi connectivity index (χ0n) is 51.6. The van der Waals surface area contributed by atoms with E-state index in [1.807, 2.05) is 0 Å². The highest BCUT2D eigenvalue weighted by molar-refractivity contribution is 5.50. The van der Waals surface area contributed by atoms with Gasteiger partial charge in [-0.3, -0.25) is 0 Å². The summed E-state index contributed by atoms with van der Waals surface area (Å²) in [4.78, 5) is 0. The minimum Gasteiger partial charge on any atom is -0.508 e. The largest absolute Gasteiger partial charge is 0.508 e. The predicted molar refractivity (Wildman–Crippen MR) is 339 cm³/mol. The van der Waals surface area contributed by atoms with Gasteiger partial charge < -0.3 is 5.11 Å². The van der Waals surface area contributed by atoms with Crippen molar-refractivity contribution in [3.63, 3.8) is 0 Å². The van der Waals surface area contributed by atoms with Gasteiger partial charge >= 0.3 is 0 Å². The minimum absolute atomic E-state index is 0.307. The van der Waals surface area contributed by atoms with Gasteiger partial charge in [0.1, 0.15) is 5.75 Å². The first-order valence-corrected chi connectivity index (χ1v) is 33.4. The number of hydrogen-bond donors (Lipinski definition) is 1. The van der Waals surface area contributed by atoms with Gasteiger partial charge in [0.05, 0.1) is 0 Å². The summed E-state index contributed by atoms with van der Waals surface area (Å²) < 4.78 is 0. The van der Waals surface area contributed by atoms with Crippen molar-refractivity contribution in [2.75, 3.05) is 0 Å². The molecule has 4 rings (SSSR count). The highest BCUT2D eigenvalue weighted by Crippen LogP contribution is 2.40. The van der Waals surface area contributed by atoms with Crippen LogP contribution in [0.15, 0.2) is 66.7 Å². The summed E-state index contributed by atoms with van der Waals surface area (Å²) in [7, 11) is 0. The average molecular weight is 1040 g/mol. The molecule has 0 bridgehead atoms. The van der Waals surface area contributed by atoms with Crippen molar-refractivity contribution in [3.05, 3.63) is 133 Å². The van der Waals surface area contributed by atoms with E-state index in [9.17, 15) is 5.11 Å². The molecule has 0 aliphatic carbocycles. The monoisotopic (exact) mass is 1040 g/mol. The van der Waals surface area contributed by atoms with E-state index in [2.05, 4.69) is 129 Å². The fourth-order valence-electron chi connectivity index (χ4n) is 13.1. The first-order chi connectivity index (χ1) is 37.2. The van der Waals surface area contributed by atoms with Gasteiger partial charge in [0.25, 0.3) is 0 Å². The second-order valence-corrected chi connectivity index (χ2v) is 24.5. The van der Waals surface area contributed by atoms with Crippen LogP contribution in [-0.2, 0) is 57.8 Å². The Morgan fingerprint density at radius 3 is 0.855 bits per heavy atom. The van der Waals surface area contributed by atoms with Crippen molar-refractivity contribution in [1.82, 2.24) is 0 Å². The summed E-state index contributed by atoms with van der Waals surface area (Å²) in [5.74, 6) is 1.55. The zero-order chi connectivity index (χ0) is 54.6. The first-order valence-electron chi connectivity index (χ1n) is 33.4. The number of unbranched alkanes of at least 4 members (excludes halogenated alkanes) is 24. The number of benzene rings is 4. The molecule has 1 nitrogen and oxygen atoms in total. The smallest absolute Gasteiger partial charge is 0.119 e. The molecule has 0 aliphatic rings. The molecule has 0 saturated carbocycles. The fraction of sp³-hybridized carbons (Fsp3) is 0.680. The molecule has 0 saturated heterocycles. The van der Waals surface area contributed by atoms with E-state index < -0.39 is 0 Å². The van der Waals surface area contributed by atoms with E-state index in [1.165, 1.54) is 253 Å². The van der Waals surface area contributed by atoms with Crippen LogP contribution in [0.25, 0.3) is 0 Å². The van der Waals surface area contributed by atoms with E-state index in [-0.39, 0.29) is 0 Å². The van der Waals surface area contributed by atoms with Crippen LogP contribution in [0.2, 0.25) is 0 Å². The Bertz CT molecular complexity index is 2100. The van der Waals surface area contributed by atoms with Crippen LogP contribution >= 0.6 is 0 Å². The molecule has 0 spiro atoms. The maximum absolute atomic E-state index is 12.4. The summed E-state index contributed by atoms with van der Waals surface area (Å²) in [6.45, 7) is 21.5. The fourth-order valence-corrected chi connectivity index (χ4v) is 13.1. The molecule has 0 fully saturated rings. The highest BCUT2D eigenvalue weighted by atomic mass is 16.3. The van der Waals surface area contributed by atoms with Crippen molar-refractivity contribution < 1.29 is 5.11 Å². The van der Waals surface area contributed by atoms with Crippen LogP contribution in [0, 0.1) is 0 Å². The van der Waals surface area contributed by atoms with Gasteiger partial charge in [-0.25, -0.2) is 0 Å². The van der Waals surface area contributed by atoms with E-state index in [4.69, 9.17) is 0 Å². The molecule has 3 atom stereocenters. The maximum Gasteiger partial charge on any atom is 0.119 e. The van der Waals surface area contributed by atoms with E-state index in [1.54, 1.807) is 44.5 Å². The Kier molecular flexibility index (Phi) is 34.3. The molecule has 1 N–H and O–H groups in total. The number of rotatable bonds is 45. The van der Waals surface area contributed by atoms with Gasteiger partial charge in [0.15, 0.2) is 0 Å². The van der Waals surface area contributed by atoms with Crippen LogP contribution in [0.4, 0.5) is 0 Å². The zero-order valence-corrected chi connectivity index (χ0v) is 51.6. The molecule has 0 radical (unpaired) electrons. The minimum atomic E-state index is 0.307. The first kappa shape index (κ1) is 65.2. The molecule has 426 valence electrons. The molecule has 0 amide bonds. The van der Waals surface area contributed by atoms with E-state index in [0.717, 1.165) is 19.3 Å². The van der Waals surface area contributed by atoms with Crippen molar-refractivity contribution in [2.45, 2.75) is 330 Å². The topological polar surface area (TPSA) is 20.2 Å². The van der Waals surface area contributed by atoms with Gasteiger partial charge in [-0.15, -0.1) is 0 Å². The van der Waals surface area contributed by atoms with Crippen molar-refractivity contribution >= 4 is 0 Å². The molecule has 4 aromatic rings. The summed E-state index contributed by atoms with van der Waals surface area (Å²) in [5.41, 5.74) is 18.5.